The molecule has 0 radical (unpaired) electrons. The molecule has 0 bridgehead atoms. The number of amides is 1. The fourth-order valence-corrected chi connectivity index (χ4v) is 3.23. The summed E-state index contributed by atoms with van der Waals surface area (Å²) in [6, 6.07) is 12.2. The third-order valence-corrected chi connectivity index (χ3v) is 4.95. The van der Waals surface area contributed by atoms with E-state index in [4.69, 9.17) is 20.6 Å². The Balaban J connectivity index is 0.00000306. The van der Waals surface area contributed by atoms with Crippen LogP contribution in [0.2, 0.25) is 0 Å². The van der Waals surface area contributed by atoms with Crippen molar-refractivity contribution in [2.45, 2.75) is 19.6 Å². The fourth-order valence-electron chi connectivity index (χ4n) is 3.23. The van der Waals surface area contributed by atoms with Gasteiger partial charge in [0.15, 0.2) is 6.10 Å². The summed E-state index contributed by atoms with van der Waals surface area (Å²) >= 11 is 0. The third kappa shape index (κ3) is 7.11. The van der Waals surface area contributed by atoms with Crippen molar-refractivity contribution in [3.8, 4) is 17.0 Å². The van der Waals surface area contributed by atoms with Gasteiger partial charge in [-0.3, -0.25) is 10.2 Å². The molecule has 35 heavy (non-hydrogen) atoms. The highest BCUT2D eigenvalue weighted by Crippen LogP contribution is 2.32. The van der Waals surface area contributed by atoms with Crippen LogP contribution in [0.25, 0.3) is 11.1 Å². The minimum atomic E-state index is -1.49. The highest BCUT2D eigenvalue weighted by atomic mass is 35.5. The first-order valence-corrected chi connectivity index (χ1v) is 10.2. The molecule has 1 heterocycles. The zero-order chi connectivity index (χ0) is 24.0. The number of halogens is 4. The van der Waals surface area contributed by atoms with Crippen molar-refractivity contribution in [3.63, 3.8) is 0 Å². The van der Waals surface area contributed by atoms with E-state index in [2.05, 4.69) is 10.3 Å². The van der Waals surface area contributed by atoms with Crippen LogP contribution in [0.1, 0.15) is 29.7 Å². The Hall–Kier alpha value is -3.27. The molecule has 7 nitrogen and oxygen atoms in total. The van der Waals surface area contributed by atoms with E-state index < -0.39 is 29.2 Å². The zero-order valence-corrected chi connectivity index (χ0v) is 20.6. The molecule has 1 aromatic heterocycles. The van der Waals surface area contributed by atoms with E-state index in [1.807, 2.05) is 0 Å². The number of hydrogen-bond acceptors (Lipinski definition) is 5. The number of methoxy groups -OCH3 is 1. The molecule has 0 aliphatic carbocycles. The average Bonchev–Trinajstić information content (AvgIpc) is 2.82. The number of amidine groups is 1. The minimum absolute atomic E-state index is 0. The molecular weight excluding hydrogens is 501 g/mol. The maximum absolute atomic E-state index is 15.4. The quantitative estimate of drug-likeness (QED) is 0.279. The summed E-state index contributed by atoms with van der Waals surface area (Å²) in [5.41, 5.74) is 6.71. The number of benzene rings is 2. The Bertz CT molecular complexity index is 1150. The first kappa shape index (κ1) is 29.8. The molecule has 4 N–H and O–H groups in total. The van der Waals surface area contributed by atoms with Gasteiger partial charge in [-0.1, -0.05) is 24.3 Å². The number of pyridine rings is 1. The summed E-state index contributed by atoms with van der Waals surface area (Å²) in [5, 5.41) is 10.1. The maximum atomic E-state index is 15.4. The molecule has 3 aromatic rings. The number of nitrogen functional groups attached to an aromatic ring is 1. The molecule has 0 saturated heterocycles. The van der Waals surface area contributed by atoms with Crippen molar-refractivity contribution in [1.29, 1.82) is 5.41 Å². The van der Waals surface area contributed by atoms with Crippen LogP contribution < -0.4 is 15.8 Å². The van der Waals surface area contributed by atoms with E-state index >= 15 is 4.39 Å². The summed E-state index contributed by atoms with van der Waals surface area (Å²) in [5.74, 6) is -2.20. The molecule has 1 unspecified atom stereocenters. The summed E-state index contributed by atoms with van der Waals surface area (Å²) in [4.78, 5) is 16.9. The normalized spacial score (nSPS) is 11.0. The van der Waals surface area contributed by atoms with Gasteiger partial charge in [0.1, 0.15) is 17.5 Å². The molecule has 0 spiro atoms. The second-order valence-corrected chi connectivity index (χ2v) is 7.08. The molecule has 0 aliphatic heterocycles. The van der Waals surface area contributed by atoms with Gasteiger partial charge in [-0.25, -0.2) is 13.8 Å². The number of ether oxygens (including phenoxy) is 2. The van der Waals surface area contributed by atoms with Gasteiger partial charge in [0, 0.05) is 42.1 Å². The average molecular weight is 527 g/mol. The number of nitrogens with zero attached hydrogens (tertiary/aromatic N) is 1. The smallest absolute Gasteiger partial charge is 0.254 e. The van der Waals surface area contributed by atoms with Gasteiger partial charge >= 0.3 is 0 Å². The van der Waals surface area contributed by atoms with Crippen LogP contribution in [0, 0.1) is 17.0 Å². The van der Waals surface area contributed by atoms with Gasteiger partial charge in [-0.2, -0.15) is 0 Å². The van der Waals surface area contributed by atoms with Crippen LogP contribution in [-0.4, -0.2) is 30.4 Å². The minimum Gasteiger partial charge on any atom is -0.481 e. The van der Waals surface area contributed by atoms with Crippen molar-refractivity contribution in [3.05, 3.63) is 83.1 Å². The van der Waals surface area contributed by atoms with Crippen molar-refractivity contribution in [2.24, 2.45) is 5.73 Å². The third-order valence-electron chi connectivity index (χ3n) is 4.95. The van der Waals surface area contributed by atoms with E-state index in [0.717, 1.165) is 11.6 Å². The summed E-state index contributed by atoms with van der Waals surface area (Å²) in [6.45, 7) is 1.80. The fraction of sp³-hybridized carbons (Fsp3) is 0.208. The van der Waals surface area contributed by atoms with E-state index in [-0.39, 0.29) is 49.4 Å². The lowest BCUT2D eigenvalue weighted by atomic mass is 9.99. The summed E-state index contributed by atoms with van der Waals surface area (Å²) in [7, 11) is 1.46. The molecule has 11 heteroatoms. The molecule has 188 valence electrons. The van der Waals surface area contributed by atoms with Crippen LogP contribution in [0.5, 0.6) is 5.88 Å². The zero-order valence-electron chi connectivity index (χ0n) is 19.0. The first-order valence-electron chi connectivity index (χ1n) is 10.2. The maximum Gasteiger partial charge on any atom is 0.254 e. The number of nitrogens with two attached hydrogens (primary N) is 1. The monoisotopic (exact) mass is 526 g/mol. The van der Waals surface area contributed by atoms with Gasteiger partial charge in [-0.05, 0) is 30.7 Å². The Kier molecular flexibility index (Phi) is 11.5. The molecule has 1 atom stereocenters. The highest BCUT2D eigenvalue weighted by molar-refractivity contribution is 5.94. The lowest BCUT2D eigenvalue weighted by molar-refractivity contribution is -0.133. The summed E-state index contributed by atoms with van der Waals surface area (Å²) < 4.78 is 40.6. The van der Waals surface area contributed by atoms with Crippen LogP contribution >= 0.6 is 24.8 Å². The number of aromatic nitrogens is 1. The molecule has 3 rings (SSSR count). The Morgan fingerprint density at radius 1 is 1.11 bits per heavy atom. The van der Waals surface area contributed by atoms with Gasteiger partial charge in [0.25, 0.3) is 5.91 Å². The second-order valence-electron chi connectivity index (χ2n) is 7.08. The predicted octanol–water partition coefficient (Wildman–Crippen LogP) is 4.56. The van der Waals surface area contributed by atoms with Crippen molar-refractivity contribution in [1.82, 2.24) is 10.3 Å². The van der Waals surface area contributed by atoms with Crippen LogP contribution in [0.4, 0.5) is 8.78 Å². The number of carbonyl (C=O) groups excluding carboxylic acids is 1. The Labute approximate surface area is 214 Å². The highest BCUT2D eigenvalue weighted by Gasteiger charge is 2.29. The largest absolute Gasteiger partial charge is 0.481 e. The molecule has 2 aromatic carbocycles. The van der Waals surface area contributed by atoms with Gasteiger partial charge < -0.3 is 20.5 Å². The SMILES string of the molecule is CCOC(C(=O)NCc1ccc(C(=N)N)cc1)c1c(F)ccc(-c2ccc(OC)nc2)c1F.Cl.Cl. The van der Waals surface area contributed by atoms with Crippen molar-refractivity contribution < 1.29 is 23.0 Å². The standard InChI is InChI=1S/C24H24F2N4O3.2ClH/c1-3-33-22(24(31)30-12-14-4-6-15(7-5-14)23(27)28)20-18(25)10-9-17(21(20)26)16-8-11-19(32-2)29-13-16;;/h4-11,13,22H,3,12H2,1-2H3,(H3,27,28)(H,30,31);2*1H. The first-order chi connectivity index (χ1) is 15.8. The van der Waals surface area contributed by atoms with E-state index in [1.54, 1.807) is 43.3 Å². The van der Waals surface area contributed by atoms with Crippen molar-refractivity contribution in [2.75, 3.05) is 13.7 Å². The predicted molar refractivity (Wildman–Crippen MR) is 134 cm³/mol. The number of rotatable bonds is 9. The Morgan fingerprint density at radius 2 is 1.80 bits per heavy atom. The number of carbonyl (C=O) groups is 1. The molecular formula is C24H26Cl2F2N4O3. The van der Waals surface area contributed by atoms with Crippen LogP contribution in [-0.2, 0) is 16.1 Å². The Morgan fingerprint density at radius 3 is 2.34 bits per heavy atom. The summed E-state index contributed by atoms with van der Waals surface area (Å²) in [6.07, 6.45) is -0.0861. The van der Waals surface area contributed by atoms with Gasteiger partial charge in [0.2, 0.25) is 5.88 Å². The van der Waals surface area contributed by atoms with Gasteiger partial charge in [0.05, 0.1) is 12.7 Å². The van der Waals surface area contributed by atoms with Gasteiger partial charge in [-0.15, -0.1) is 24.8 Å². The van der Waals surface area contributed by atoms with E-state index in [1.165, 1.54) is 19.4 Å². The van der Waals surface area contributed by atoms with Crippen molar-refractivity contribution >= 4 is 36.6 Å². The molecule has 0 aliphatic rings. The van der Waals surface area contributed by atoms with E-state index in [0.29, 0.717) is 17.0 Å². The molecule has 0 fully saturated rings. The lowest BCUT2D eigenvalue weighted by Gasteiger charge is -2.20. The number of hydrogen-bond donors (Lipinski definition) is 3. The topological polar surface area (TPSA) is 110 Å². The second kappa shape index (κ2) is 13.6. The van der Waals surface area contributed by atoms with Crippen LogP contribution in [0.15, 0.2) is 54.7 Å². The van der Waals surface area contributed by atoms with Crippen LogP contribution in [0.3, 0.4) is 0 Å². The molecule has 0 saturated carbocycles. The lowest BCUT2D eigenvalue weighted by Crippen LogP contribution is -2.31. The van der Waals surface area contributed by atoms with E-state index in [9.17, 15) is 9.18 Å². The number of nitrogens with one attached hydrogen (secondary N) is 2. The molecule has 1 amide bonds.